The fourth-order valence-electron chi connectivity index (χ4n) is 4.78. The van der Waals surface area contributed by atoms with Crippen molar-refractivity contribution < 1.29 is 14.3 Å². The Morgan fingerprint density at radius 1 is 0.514 bits per heavy atom. The lowest BCUT2D eigenvalue weighted by Crippen LogP contribution is -2.11. The van der Waals surface area contributed by atoms with Gasteiger partial charge >= 0.3 is 11.9 Å². The van der Waals surface area contributed by atoms with Gasteiger partial charge in [-0.15, -0.1) is 0 Å². The molecule has 0 aliphatic rings. The van der Waals surface area contributed by atoms with Gasteiger partial charge in [-0.25, -0.2) is 0 Å². The van der Waals surface area contributed by atoms with Crippen LogP contribution in [-0.4, -0.2) is 18.5 Å². The lowest BCUT2D eigenvalue weighted by atomic mass is 10.0. The third-order valence-corrected chi connectivity index (χ3v) is 7.16. The zero-order valence-corrected chi connectivity index (χ0v) is 24.4. The molecule has 0 saturated carbocycles. The molecule has 0 aromatic rings. The molecule has 0 radical (unpaired) electrons. The van der Waals surface area contributed by atoms with Gasteiger partial charge in [-0.2, -0.15) is 0 Å². The van der Waals surface area contributed by atoms with Gasteiger partial charge in [-0.1, -0.05) is 153 Å². The van der Waals surface area contributed by atoms with Crippen molar-refractivity contribution in [2.24, 2.45) is 5.11 Å². The second-order valence-electron chi connectivity index (χ2n) is 10.8. The summed E-state index contributed by atoms with van der Waals surface area (Å²) in [5.74, 6) is -0.692. The number of rotatable bonds is 29. The van der Waals surface area contributed by atoms with Crippen LogP contribution in [0.25, 0.3) is 10.4 Å². The van der Waals surface area contributed by atoms with Gasteiger partial charge in [-0.3, -0.25) is 9.59 Å². The molecule has 0 saturated heterocycles. The molecule has 216 valence electrons. The molecular weight excluding hydrogens is 462 g/mol. The number of carbonyl (C=O) groups is 2. The number of azide groups is 1. The van der Waals surface area contributed by atoms with E-state index in [2.05, 4.69) is 16.9 Å². The Morgan fingerprint density at radius 2 is 0.811 bits per heavy atom. The Hall–Kier alpha value is -1.55. The highest BCUT2D eigenvalue weighted by atomic mass is 16.6. The molecule has 0 fully saturated rings. The van der Waals surface area contributed by atoms with Crippen LogP contribution < -0.4 is 0 Å². The van der Waals surface area contributed by atoms with Crippen molar-refractivity contribution in [2.45, 2.75) is 180 Å². The Balaban J connectivity index is 3.30. The molecule has 37 heavy (non-hydrogen) atoms. The predicted octanol–water partition coefficient (Wildman–Crippen LogP) is 10.9. The van der Waals surface area contributed by atoms with Crippen molar-refractivity contribution in [3.63, 3.8) is 0 Å². The highest BCUT2D eigenvalue weighted by Crippen LogP contribution is 2.14. The normalized spacial score (nSPS) is 10.8. The summed E-state index contributed by atoms with van der Waals surface area (Å²) in [4.78, 5) is 26.5. The summed E-state index contributed by atoms with van der Waals surface area (Å²) in [5, 5.41) is 3.56. The molecule has 0 heterocycles. The molecule has 0 aromatic heterocycles. The summed E-state index contributed by atoms with van der Waals surface area (Å²) in [5.41, 5.74) is 8.22. The molecule has 0 atom stereocenters. The van der Waals surface area contributed by atoms with E-state index >= 15 is 0 Å². The van der Waals surface area contributed by atoms with E-state index in [1.54, 1.807) is 0 Å². The van der Waals surface area contributed by atoms with Crippen LogP contribution in [-0.2, 0) is 14.3 Å². The first-order valence-corrected chi connectivity index (χ1v) is 15.9. The standard InChI is InChI=1S/C31H59N3O3/c1-2-3-4-5-6-7-8-9-12-15-18-21-24-27-30(35)37-31(36)28-25-22-19-16-13-10-11-14-17-20-23-26-29-33-34-32/h2-29H2,1H3. The van der Waals surface area contributed by atoms with Gasteiger partial charge in [0.2, 0.25) is 0 Å². The third kappa shape index (κ3) is 30.6. The summed E-state index contributed by atoms with van der Waals surface area (Å²) < 4.78 is 4.98. The zero-order valence-electron chi connectivity index (χ0n) is 24.4. The quantitative estimate of drug-likeness (QED) is 0.0244. The molecule has 6 nitrogen and oxygen atoms in total. The molecule has 0 amide bonds. The maximum Gasteiger partial charge on any atom is 0.313 e. The summed E-state index contributed by atoms with van der Waals surface area (Å²) in [6.45, 7) is 2.89. The zero-order chi connectivity index (χ0) is 27.1. The Bertz CT molecular complexity index is 562. The van der Waals surface area contributed by atoms with Crippen LogP contribution in [0.4, 0.5) is 0 Å². The molecule has 0 aliphatic heterocycles. The molecule has 0 bridgehead atoms. The van der Waals surface area contributed by atoms with Crippen molar-refractivity contribution in [1.29, 1.82) is 0 Å². The van der Waals surface area contributed by atoms with E-state index in [0.29, 0.717) is 19.4 Å². The smallest absolute Gasteiger partial charge is 0.313 e. The molecule has 0 N–H and O–H groups in total. The van der Waals surface area contributed by atoms with Crippen molar-refractivity contribution in [1.82, 2.24) is 0 Å². The van der Waals surface area contributed by atoms with Crippen LogP contribution in [0.5, 0.6) is 0 Å². The third-order valence-electron chi connectivity index (χ3n) is 7.16. The highest BCUT2D eigenvalue weighted by Gasteiger charge is 2.09. The number of nitrogens with zero attached hydrogens (tertiary/aromatic N) is 3. The average molecular weight is 522 g/mol. The minimum Gasteiger partial charge on any atom is -0.393 e. The van der Waals surface area contributed by atoms with E-state index in [9.17, 15) is 9.59 Å². The van der Waals surface area contributed by atoms with E-state index in [1.807, 2.05) is 0 Å². The Morgan fingerprint density at radius 3 is 1.14 bits per heavy atom. The van der Waals surface area contributed by atoms with Crippen molar-refractivity contribution in [2.75, 3.05) is 6.54 Å². The molecule has 6 heteroatoms. The van der Waals surface area contributed by atoms with Crippen LogP contribution in [0.2, 0.25) is 0 Å². The maximum absolute atomic E-state index is 11.9. The monoisotopic (exact) mass is 521 g/mol. The van der Waals surface area contributed by atoms with Gasteiger partial charge in [0.1, 0.15) is 0 Å². The van der Waals surface area contributed by atoms with E-state index in [-0.39, 0.29) is 11.9 Å². The van der Waals surface area contributed by atoms with E-state index in [1.165, 1.54) is 116 Å². The minimum absolute atomic E-state index is 0.344. The summed E-state index contributed by atoms with van der Waals surface area (Å²) in [7, 11) is 0. The first kappa shape index (κ1) is 35.5. The van der Waals surface area contributed by atoms with Crippen LogP contribution >= 0.6 is 0 Å². The van der Waals surface area contributed by atoms with E-state index in [4.69, 9.17) is 10.3 Å². The Kier molecular flexibility index (Phi) is 29.4. The number of carbonyl (C=O) groups excluding carboxylic acids is 2. The number of hydrogen-bond acceptors (Lipinski definition) is 4. The fourth-order valence-corrected chi connectivity index (χ4v) is 4.78. The van der Waals surface area contributed by atoms with Crippen LogP contribution in [0.15, 0.2) is 5.11 Å². The van der Waals surface area contributed by atoms with Gasteiger partial charge in [-0.05, 0) is 24.8 Å². The lowest BCUT2D eigenvalue weighted by molar-refractivity contribution is -0.159. The number of unbranched alkanes of at least 4 members (excludes halogenated alkanes) is 23. The molecule has 0 spiro atoms. The maximum atomic E-state index is 11.9. The first-order chi connectivity index (χ1) is 18.2. The van der Waals surface area contributed by atoms with Crippen LogP contribution in [0.1, 0.15) is 180 Å². The number of hydrogen-bond donors (Lipinski definition) is 0. The van der Waals surface area contributed by atoms with Crippen LogP contribution in [0.3, 0.4) is 0 Å². The van der Waals surface area contributed by atoms with Crippen molar-refractivity contribution in [3.05, 3.63) is 10.4 Å². The van der Waals surface area contributed by atoms with Gasteiger partial charge in [0, 0.05) is 24.3 Å². The highest BCUT2D eigenvalue weighted by molar-refractivity contribution is 5.85. The van der Waals surface area contributed by atoms with Crippen LogP contribution in [0, 0.1) is 0 Å². The van der Waals surface area contributed by atoms with Gasteiger partial charge in [0.25, 0.3) is 0 Å². The summed E-state index contributed by atoms with van der Waals surface area (Å²) in [6.07, 6.45) is 31.4. The average Bonchev–Trinajstić information content (AvgIpc) is 2.89. The number of esters is 2. The Labute approximate surface area is 228 Å². The van der Waals surface area contributed by atoms with Crippen molar-refractivity contribution in [3.8, 4) is 0 Å². The van der Waals surface area contributed by atoms with Gasteiger partial charge in [0.15, 0.2) is 0 Å². The van der Waals surface area contributed by atoms with E-state index in [0.717, 1.165) is 44.9 Å². The summed E-state index contributed by atoms with van der Waals surface area (Å²) in [6, 6.07) is 0. The molecule has 0 unspecified atom stereocenters. The van der Waals surface area contributed by atoms with Crippen molar-refractivity contribution >= 4 is 11.9 Å². The second kappa shape index (κ2) is 30.7. The minimum atomic E-state index is -0.348. The van der Waals surface area contributed by atoms with E-state index < -0.39 is 0 Å². The first-order valence-electron chi connectivity index (χ1n) is 15.9. The topological polar surface area (TPSA) is 92.1 Å². The lowest BCUT2D eigenvalue weighted by Gasteiger charge is -2.05. The predicted molar refractivity (Wildman–Crippen MR) is 155 cm³/mol. The van der Waals surface area contributed by atoms with Gasteiger partial charge in [0.05, 0.1) is 0 Å². The molecule has 0 aromatic carbocycles. The number of ether oxygens (including phenoxy) is 1. The molecular formula is C31H59N3O3. The SMILES string of the molecule is CCCCCCCCCCCCCCCC(=O)OC(=O)CCCCCCCCCCCCCCN=[N+]=[N-]. The molecule has 0 aliphatic carbocycles. The molecule has 0 rings (SSSR count). The largest absolute Gasteiger partial charge is 0.393 e. The van der Waals surface area contributed by atoms with Gasteiger partial charge < -0.3 is 4.74 Å². The summed E-state index contributed by atoms with van der Waals surface area (Å²) >= 11 is 0. The fraction of sp³-hybridized carbons (Fsp3) is 0.935. The second-order valence-corrected chi connectivity index (χ2v) is 10.8.